The summed E-state index contributed by atoms with van der Waals surface area (Å²) in [6, 6.07) is 17.4. The summed E-state index contributed by atoms with van der Waals surface area (Å²) in [7, 11) is 0. The van der Waals surface area contributed by atoms with Gasteiger partial charge in [-0.05, 0) is 12.1 Å². The third kappa shape index (κ3) is 4.50. The van der Waals surface area contributed by atoms with Crippen molar-refractivity contribution >= 4 is 45.9 Å². The maximum Gasteiger partial charge on any atom is 0.234 e. The first kappa shape index (κ1) is 17.3. The van der Waals surface area contributed by atoms with Gasteiger partial charge >= 0.3 is 0 Å². The SMILES string of the molecule is N#CCSc1ccccc1NC(=O)CSc1nncc2ccccc12. The largest absolute Gasteiger partial charge is 0.324 e. The fraction of sp³-hybridized carbons (Fsp3) is 0.111. The van der Waals surface area contributed by atoms with Crippen LogP contribution < -0.4 is 5.32 Å². The Bertz CT molecular complexity index is 934. The normalized spacial score (nSPS) is 10.4. The number of benzene rings is 2. The molecule has 0 aliphatic heterocycles. The Labute approximate surface area is 153 Å². The summed E-state index contributed by atoms with van der Waals surface area (Å²) in [6.45, 7) is 0. The van der Waals surface area contributed by atoms with Crippen LogP contribution in [0.4, 0.5) is 5.69 Å². The first-order valence-electron chi connectivity index (χ1n) is 7.50. The van der Waals surface area contributed by atoms with Crippen LogP contribution in [-0.4, -0.2) is 27.6 Å². The molecule has 1 amide bonds. The van der Waals surface area contributed by atoms with Gasteiger partial charge in [-0.1, -0.05) is 48.2 Å². The minimum Gasteiger partial charge on any atom is -0.324 e. The molecule has 25 heavy (non-hydrogen) atoms. The number of rotatable bonds is 6. The Hall–Kier alpha value is -2.56. The zero-order valence-electron chi connectivity index (χ0n) is 13.2. The van der Waals surface area contributed by atoms with Gasteiger partial charge in [0, 0.05) is 15.7 Å². The number of anilines is 1. The predicted molar refractivity (Wildman–Crippen MR) is 102 cm³/mol. The molecule has 1 aromatic heterocycles. The first-order chi connectivity index (χ1) is 12.3. The maximum absolute atomic E-state index is 12.3. The molecule has 1 heterocycles. The van der Waals surface area contributed by atoms with Crippen LogP contribution in [0.25, 0.3) is 10.8 Å². The summed E-state index contributed by atoms with van der Waals surface area (Å²) in [5.74, 6) is 0.456. The lowest BCUT2D eigenvalue weighted by atomic mass is 10.2. The molecule has 0 saturated heterocycles. The highest BCUT2D eigenvalue weighted by Crippen LogP contribution is 2.28. The summed E-state index contributed by atoms with van der Waals surface area (Å²) in [5, 5.41) is 22.5. The third-order valence-electron chi connectivity index (χ3n) is 3.33. The van der Waals surface area contributed by atoms with E-state index in [-0.39, 0.29) is 11.7 Å². The zero-order chi connectivity index (χ0) is 17.5. The second-order valence-electron chi connectivity index (χ2n) is 5.02. The summed E-state index contributed by atoms with van der Waals surface area (Å²) >= 11 is 2.76. The molecule has 5 nitrogen and oxygen atoms in total. The highest BCUT2D eigenvalue weighted by molar-refractivity contribution is 8.00. The molecular weight excluding hydrogens is 352 g/mol. The van der Waals surface area contributed by atoms with Crippen molar-refractivity contribution in [1.82, 2.24) is 10.2 Å². The Kier molecular flexibility index (Phi) is 5.88. The molecule has 3 rings (SSSR count). The fourth-order valence-corrected chi connectivity index (χ4v) is 3.69. The van der Waals surface area contributed by atoms with Gasteiger partial charge in [0.25, 0.3) is 0 Å². The van der Waals surface area contributed by atoms with Gasteiger partial charge in [0.15, 0.2) is 0 Å². The van der Waals surface area contributed by atoms with E-state index in [0.717, 1.165) is 26.4 Å². The van der Waals surface area contributed by atoms with Crippen molar-refractivity contribution in [3.05, 3.63) is 54.7 Å². The van der Waals surface area contributed by atoms with Crippen LogP contribution in [0.3, 0.4) is 0 Å². The number of nitriles is 1. The minimum atomic E-state index is -0.121. The topological polar surface area (TPSA) is 78.7 Å². The molecule has 3 aromatic rings. The van der Waals surface area contributed by atoms with E-state index >= 15 is 0 Å². The molecule has 0 saturated carbocycles. The maximum atomic E-state index is 12.3. The highest BCUT2D eigenvalue weighted by Gasteiger charge is 2.10. The Morgan fingerprint density at radius 3 is 2.80 bits per heavy atom. The van der Waals surface area contributed by atoms with Crippen molar-refractivity contribution in [1.29, 1.82) is 5.26 Å². The second kappa shape index (κ2) is 8.51. The molecule has 2 aromatic carbocycles. The molecule has 0 bridgehead atoms. The van der Waals surface area contributed by atoms with Crippen molar-refractivity contribution in [3.8, 4) is 6.07 Å². The lowest BCUT2D eigenvalue weighted by Crippen LogP contribution is -2.14. The van der Waals surface area contributed by atoms with E-state index in [9.17, 15) is 4.79 Å². The summed E-state index contributed by atoms with van der Waals surface area (Å²) in [5.41, 5.74) is 0.720. The fourth-order valence-electron chi connectivity index (χ4n) is 2.23. The zero-order valence-corrected chi connectivity index (χ0v) is 14.8. The second-order valence-corrected chi connectivity index (χ2v) is 7.00. The Balaban J connectivity index is 1.66. The number of para-hydroxylation sites is 1. The van der Waals surface area contributed by atoms with E-state index in [1.165, 1.54) is 23.5 Å². The highest BCUT2D eigenvalue weighted by atomic mass is 32.2. The van der Waals surface area contributed by atoms with Gasteiger partial charge < -0.3 is 5.32 Å². The van der Waals surface area contributed by atoms with Crippen molar-refractivity contribution in [2.45, 2.75) is 9.92 Å². The molecule has 1 N–H and O–H groups in total. The molecule has 0 radical (unpaired) electrons. The summed E-state index contributed by atoms with van der Waals surface area (Å²) < 4.78 is 0. The molecule has 0 unspecified atom stereocenters. The standard InChI is InChI=1S/C18H14N4OS2/c19-9-10-24-16-8-4-3-7-15(16)21-17(23)12-25-18-14-6-2-1-5-13(14)11-20-22-18/h1-8,11H,10,12H2,(H,21,23). The number of nitrogens with zero attached hydrogens (tertiary/aromatic N) is 3. The average Bonchev–Trinajstić information content (AvgIpc) is 2.65. The summed E-state index contributed by atoms with van der Waals surface area (Å²) in [6.07, 6.45) is 1.71. The van der Waals surface area contributed by atoms with Crippen molar-refractivity contribution in [2.75, 3.05) is 16.8 Å². The number of carbonyl (C=O) groups excluding carboxylic acids is 1. The predicted octanol–water partition coefficient (Wildman–Crippen LogP) is 3.98. The molecule has 0 atom stereocenters. The Morgan fingerprint density at radius 2 is 1.92 bits per heavy atom. The van der Waals surface area contributed by atoms with Crippen LogP contribution in [0, 0.1) is 11.3 Å². The number of thioether (sulfide) groups is 2. The van der Waals surface area contributed by atoms with Crippen molar-refractivity contribution in [2.24, 2.45) is 0 Å². The molecule has 0 spiro atoms. The number of hydrogen-bond donors (Lipinski definition) is 1. The van der Waals surface area contributed by atoms with Crippen molar-refractivity contribution < 1.29 is 4.79 Å². The lowest BCUT2D eigenvalue weighted by Gasteiger charge is -2.09. The number of fused-ring (bicyclic) bond motifs is 1. The van der Waals surface area contributed by atoms with Gasteiger partial charge in [0.2, 0.25) is 5.91 Å². The number of aromatic nitrogens is 2. The molecule has 124 valence electrons. The van der Waals surface area contributed by atoms with Gasteiger partial charge in [-0.15, -0.1) is 16.9 Å². The smallest absolute Gasteiger partial charge is 0.234 e. The number of hydrogen-bond acceptors (Lipinski definition) is 6. The van der Waals surface area contributed by atoms with E-state index < -0.39 is 0 Å². The number of carbonyl (C=O) groups is 1. The summed E-state index contributed by atoms with van der Waals surface area (Å²) in [4.78, 5) is 13.2. The van der Waals surface area contributed by atoms with Crippen LogP contribution in [0.5, 0.6) is 0 Å². The number of amides is 1. The first-order valence-corrected chi connectivity index (χ1v) is 9.47. The average molecular weight is 366 g/mol. The third-order valence-corrected chi connectivity index (χ3v) is 5.25. The van der Waals surface area contributed by atoms with E-state index in [0.29, 0.717) is 5.75 Å². The lowest BCUT2D eigenvalue weighted by molar-refractivity contribution is -0.113. The van der Waals surface area contributed by atoms with E-state index in [1.54, 1.807) is 6.20 Å². The van der Waals surface area contributed by atoms with Crippen LogP contribution in [0.1, 0.15) is 0 Å². The quantitative estimate of drug-likeness (QED) is 0.665. The van der Waals surface area contributed by atoms with Gasteiger partial charge in [0.1, 0.15) is 5.03 Å². The number of nitrogens with one attached hydrogen (secondary N) is 1. The van der Waals surface area contributed by atoms with Crippen LogP contribution in [0.2, 0.25) is 0 Å². The molecule has 0 fully saturated rings. The van der Waals surface area contributed by atoms with Gasteiger partial charge in [-0.2, -0.15) is 10.4 Å². The van der Waals surface area contributed by atoms with Gasteiger partial charge in [-0.3, -0.25) is 4.79 Å². The Morgan fingerprint density at radius 1 is 1.12 bits per heavy atom. The minimum absolute atomic E-state index is 0.121. The van der Waals surface area contributed by atoms with Gasteiger partial charge in [0.05, 0.1) is 29.5 Å². The van der Waals surface area contributed by atoms with E-state index in [1.807, 2.05) is 48.5 Å². The van der Waals surface area contributed by atoms with Crippen LogP contribution >= 0.6 is 23.5 Å². The van der Waals surface area contributed by atoms with Crippen molar-refractivity contribution in [3.63, 3.8) is 0 Å². The van der Waals surface area contributed by atoms with Crippen LogP contribution in [-0.2, 0) is 4.79 Å². The molecule has 0 aliphatic rings. The monoisotopic (exact) mass is 366 g/mol. The molecular formula is C18H14N4OS2. The van der Waals surface area contributed by atoms with E-state index in [2.05, 4.69) is 21.6 Å². The van der Waals surface area contributed by atoms with Gasteiger partial charge in [-0.25, -0.2) is 0 Å². The van der Waals surface area contributed by atoms with E-state index in [4.69, 9.17) is 5.26 Å². The molecule has 0 aliphatic carbocycles. The molecule has 7 heteroatoms. The van der Waals surface area contributed by atoms with Crippen LogP contribution in [0.15, 0.2) is 64.6 Å².